The summed E-state index contributed by atoms with van der Waals surface area (Å²) in [5.41, 5.74) is 1.32. The van der Waals surface area contributed by atoms with Crippen LogP contribution in [0.15, 0.2) is 36.4 Å². The van der Waals surface area contributed by atoms with Gasteiger partial charge in [0.2, 0.25) is 12.7 Å². The van der Waals surface area contributed by atoms with E-state index in [0.29, 0.717) is 16.5 Å². The fourth-order valence-corrected chi connectivity index (χ4v) is 2.68. The highest BCUT2D eigenvalue weighted by molar-refractivity contribution is 6.37. The summed E-state index contributed by atoms with van der Waals surface area (Å²) >= 11 is 11.9. The van der Waals surface area contributed by atoms with E-state index in [4.69, 9.17) is 32.9 Å². The Balaban J connectivity index is 1.77. The molecule has 0 unspecified atom stereocenters. The van der Waals surface area contributed by atoms with Gasteiger partial charge < -0.3 is 14.8 Å². The predicted octanol–water partition coefficient (Wildman–Crippen LogP) is 3.51. The largest absolute Gasteiger partial charge is 0.454 e. The van der Waals surface area contributed by atoms with Crippen LogP contribution in [0.4, 0.5) is 5.69 Å². The quantitative estimate of drug-likeness (QED) is 0.824. The topological polar surface area (TPSA) is 67.9 Å². The molecule has 0 fully saturated rings. The predicted molar refractivity (Wildman–Crippen MR) is 94.2 cm³/mol. The van der Waals surface area contributed by atoms with Crippen molar-refractivity contribution in [3.05, 3.63) is 52.5 Å². The van der Waals surface area contributed by atoms with Crippen LogP contribution >= 0.6 is 23.4 Å². The number of carbonyl (C=O) groups is 2. The third-order valence-corrected chi connectivity index (χ3v) is 4.24. The lowest BCUT2D eigenvalue weighted by Gasteiger charge is -2.16. The van der Waals surface area contributed by atoms with Gasteiger partial charge in [0, 0.05) is 30.3 Å². The van der Waals surface area contributed by atoms with Crippen LogP contribution in [0.5, 0.6) is 11.5 Å². The summed E-state index contributed by atoms with van der Waals surface area (Å²) in [6.07, 6.45) is 0. The molecule has 0 aromatic heterocycles. The van der Waals surface area contributed by atoms with E-state index in [1.54, 1.807) is 18.2 Å². The number of carbonyl (C=O) groups excluding carboxylic acids is 2. The molecule has 0 bridgehead atoms. The van der Waals surface area contributed by atoms with Gasteiger partial charge >= 0.3 is 0 Å². The lowest BCUT2D eigenvalue weighted by Crippen LogP contribution is -2.26. The first kappa shape index (κ1) is 17.4. The van der Waals surface area contributed by atoms with Crippen LogP contribution in [0, 0.1) is 0 Å². The van der Waals surface area contributed by atoms with Gasteiger partial charge in [0.15, 0.2) is 11.5 Å². The number of rotatable bonds is 4. The zero-order chi connectivity index (χ0) is 18.0. The molecule has 130 valence electrons. The minimum Gasteiger partial charge on any atom is -0.454 e. The van der Waals surface area contributed by atoms with Gasteiger partial charge in [0.25, 0.3) is 5.91 Å². The van der Waals surface area contributed by atoms with E-state index >= 15 is 0 Å². The van der Waals surface area contributed by atoms with Gasteiger partial charge in [0.05, 0.1) is 11.3 Å². The molecule has 1 N–H and O–H groups in total. The molecule has 2 aromatic carbocycles. The number of amides is 2. The summed E-state index contributed by atoms with van der Waals surface area (Å²) in [6, 6.07) is 9.95. The van der Waals surface area contributed by atoms with Crippen LogP contribution in [-0.4, -0.2) is 18.6 Å². The lowest BCUT2D eigenvalue weighted by atomic mass is 10.1. The monoisotopic (exact) mass is 380 g/mol. The van der Waals surface area contributed by atoms with Crippen molar-refractivity contribution in [1.29, 1.82) is 0 Å². The summed E-state index contributed by atoms with van der Waals surface area (Å²) < 4.78 is 11.4. The summed E-state index contributed by atoms with van der Waals surface area (Å²) in [5, 5.41) is 3.14. The molecule has 0 atom stereocenters. The Morgan fingerprint density at radius 1 is 1.16 bits per heavy atom. The Morgan fingerprint density at radius 2 is 1.92 bits per heavy atom. The number of hydrogen-bond acceptors (Lipinski definition) is 4. The molecule has 3 rings (SSSR count). The van der Waals surface area contributed by atoms with Crippen molar-refractivity contribution in [2.75, 3.05) is 11.2 Å². The molecule has 1 aliphatic rings. The average molecular weight is 381 g/mol. The second-order valence-corrected chi connectivity index (χ2v) is 6.11. The number of anilines is 1. The molecule has 0 radical (unpaired) electrons. The number of hydrogen-bond donors (Lipinski definition) is 1. The number of benzene rings is 2. The zero-order valence-corrected chi connectivity index (χ0v) is 14.7. The van der Waals surface area contributed by atoms with Crippen molar-refractivity contribution in [2.24, 2.45) is 0 Å². The van der Waals surface area contributed by atoms with E-state index in [1.807, 2.05) is 6.07 Å². The first-order valence-electron chi connectivity index (χ1n) is 7.38. The standard InChI is InChI=1S/C17H14Cl2N2O4/c1-10(22)21(19)14-4-3-12(18)7-13(14)17(23)20-8-11-2-5-15-16(6-11)25-9-24-15/h2-7H,8-9H2,1H3,(H,20,23). The fourth-order valence-electron chi connectivity index (χ4n) is 2.36. The van der Waals surface area contributed by atoms with Crippen molar-refractivity contribution in [2.45, 2.75) is 13.5 Å². The molecular weight excluding hydrogens is 367 g/mol. The van der Waals surface area contributed by atoms with Crippen LogP contribution in [-0.2, 0) is 11.3 Å². The SMILES string of the molecule is CC(=O)N(Cl)c1ccc(Cl)cc1C(=O)NCc1ccc2c(c1)OCO2. The maximum absolute atomic E-state index is 12.5. The average Bonchev–Trinajstić information content (AvgIpc) is 3.06. The van der Waals surface area contributed by atoms with Crippen LogP contribution < -0.4 is 19.2 Å². The molecule has 0 saturated carbocycles. The van der Waals surface area contributed by atoms with E-state index in [9.17, 15) is 9.59 Å². The Kier molecular flexibility index (Phi) is 5.01. The van der Waals surface area contributed by atoms with Crippen molar-refractivity contribution < 1.29 is 19.1 Å². The first-order valence-corrected chi connectivity index (χ1v) is 8.10. The van der Waals surface area contributed by atoms with Gasteiger partial charge in [-0.15, -0.1) is 0 Å². The normalized spacial score (nSPS) is 12.0. The Hall–Kier alpha value is -2.44. The van der Waals surface area contributed by atoms with Crippen LogP contribution in [0.1, 0.15) is 22.8 Å². The summed E-state index contributed by atoms with van der Waals surface area (Å²) in [6.45, 7) is 1.76. The van der Waals surface area contributed by atoms with Crippen molar-refractivity contribution in [1.82, 2.24) is 5.32 Å². The Bertz CT molecular complexity index is 841. The zero-order valence-electron chi connectivity index (χ0n) is 13.2. The molecule has 0 saturated heterocycles. The Labute approximate surface area is 154 Å². The van der Waals surface area contributed by atoms with Gasteiger partial charge in [-0.2, -0.15) is 0 Å². The molecule has 8 heteroatoms. The van der Waals surface area contributed by atoms with E-state index in [1.165, 1.54) is 19.1 Å². The molecule has 2 amide bonds. The van der Waals surface area contributed by atoms with Crippen LogP contribution in [0.25, 0.3) is 0 Å². The highest BCUT2D eigenvalue weighted by Gasteiger charge is 2.19. The van der Waals surface area contributed by atoms with Gasteiger partial charge in [-0.1, -0.05) is 17.7 Å². The van der Waals surface area contributed by atoms with E-state index in [-0.39, 0.29) is 24.6 Å². The van der Waals surface area contributed by atoms with Crippen LogP contribution in [0.2, 0.25) is 5.02 Å². The number of ether oxygens (including phenoxy) is 2. The minimum atomic E-state index is -0.409. The molecule has 6 nitrogen and oxygen atoms in total. The van der Waals surface area contributed by atoms with Gasteiger partial charge in [0.1, 0.15) is 0 Å². The summed E-state index contributed by atoms with van der Waals surface area (Å²) in [5.74, 6) is 0.501. The third kappa shape index (κ3) is 3.81. The maximum atomic E-state index is 12.5. The Morgan fingerprint density at radius 3 is 2.68 bits per heavy atom. The van der Waals surface area contributed by atoms with Gasteiger partial charge in [-0.25, -0.2) is 4.42 Å². The number of fused-ring (bicyclic) bond motifs is 1. The van der Waals surface area contributed by atoms with E-state index in [0.717, 1.165) is 9.98 Å². The second kappa shape index (κ2) is 7.21. The number of nitrogens with one attached hydrogen (secondary N) is 1. The highest BCUT2D eigenvalue weighted by atomic mass is 35.5. The molecule has 2 aromatic rings. The first-order chi connectivity index (χ1) is 12.0. The van der Waals surface area contributed by atoms with Crippen molar-refractivity contribution in [3.8, 4) is 11.5 Å². The minimum absolute atomic E-state index is 0.188. The number of nitrogens with zero attached hydrogens (tertiary/aromatic N) is 1. The fraction of sp³-hybridized carbons (Fsp3) is 0.176. The number of halogens is 2. The summed E-state index contributed by atoms with van der Waals surface area (Å²) in [7, 11) is 0. The van der Waals surface area contributed by atoms with Gasteiger partial charge in [-0.05, 0) is 35.9 Å². The molecular formula is C17H14Cl2N2O4. The third-order valence-electron chi connectivity index (χ3n) is 3.58. The maximum Gasteiger partial charge on any atom is 0.253 e. The molecule has 0 aliphatic carbocycles. The molecule has 0 spiro atoms. The highest BCUT2D eigenvalue weighted by Crippen LogP contribution is 2.32. The lowest BCUT2D eigenvalue weighted by molar-refractivity contribution is -0.115. The van der Waals surface area contributed by atoms with E-state index in [2.05, 4.69) is 5.32 Å². The van der Waals surface area contributed by atoms with Crippen molar-refractivity contribution >= 4 is 40.9 Å². The van der Waals surface area contributed by atoms with Crippen LogP contribution in [0.3, 0.4) is 0 Å². The van der Waals surface area contributed by atoms with Gasteiger partial charge in [-0.3, -0.25) is 9.59 Å². The second-order valence-electron chi connectivity index (χ2n) is 5.33. The smallest absolute Gasteiger partial charge is 0.253 e. The van der Waals surface area contributed by atoms with E-state index < -0.39 is 11.8 Å². The molecule has 1 heterocycles. The molecule has 1 aliphatic heterocycles. The molecule has 25 heavy (non-hydrogen) atoms. The van der Waals surface area contributed by atoms with Crippen molar-refractivity contribution in [3.63, 3.8) is 0 Å². The summed E-state index contributed by atoms with van der Waals surface area (Å²) in [4.78, 5) is 24.0.